The molecule has 1 aromatic rings. The average Bonchev–Trinajstić information content (AvgIpc) is 2.17. The van der Waals surface area contributed by atoms with Crippen LogP contribution in [0.15, 0.2) is 30.3 Å². The van der Waals surface area contributed by atoms with Crippen LogP contribution in [0, 0.1) is 0 Å². The van der Waals surface area contributed by atoms with E-state index < -0.39 is 6.10 Å². The SMILES string of the molecule is CNC(C)C(O)c1ccccc1.[NaH]. The Morgan fingerprint density at radius 3 is 2.23 bits per heavy atom. The third-order valence-electron chi connectivity index (χ3n) is 2.07. The third-order valence-corrected chi connectivity index (χ3v) is 2.07. The van der Waals surface area contributed by atoms with Gasteiger partial charge in [-0.3, -0.25) is 0 Å². The Morgan fingerprint density at radius 2 is 1.77 bits per heavy atom. The van der Waals surface area contributed by atoms with E-state index in [1.807, 2.05) is 44.3 Å². The zero-order valence-electron chi connectivity index (χ0n) is 7.49. The molecule has 2 N–H and O–H groups in total. The molecule has 1 rings (SSSR count). The number of hydrogen-bond acceptors (Lipinski definition) is 2. The van der Waals surface area contributed by atoms with E-state index in [-0.39, 0.29) is 35.6 Å². The van der Waals surface area contributed by atoms with Crippen molar-refractivity contribution in [2.75, 3.05) is 7.05 Å². The first-order valence-corrected chi connectivity index (χ1v) is 4.16. The van der Waals surface area contributed by atoms with Crippen molar-refractivity contribution in [1.82, 2.24) is 5.32 Å². The van der Waals surface area contributed by atoms with E-state index in [0.29, 0.717) is 0 Å². The van der Waals surface area contributed by atoms with Crippen LogP contribution in [-0.4, -0.2) is 47.8 Å². The summed E-state index contributed by atoms with van der Waals surface area (Å²) in [6.07, 6.45) is -0.420. The van der Waals surface area contributed by atoms with E-state index in [1.165, 1.54) is 0 Å². The van der Waals surface area contributed by atoms with E-state index in [9.17, 15) is 5.11 Å². The van der Waals surface area contributed by atoms with Crippen LogP contribution in [0.1, 0.15) is 18.6 Å². The van der Waals surface area contributed by atoms with Gasteiger partial charge in [-0.1, -0.05) is 30.3 Å². The molecule has 0 saturated heterocycles. The number of benzene rings is 1. The molecule has 3 heteroatoms. The van der Waals surface area contributed by atoms with E-state index in [2.05, 4.69) is 5.32 Å². The second-order valence-corrected chi connectivity index (χ2v) is 2.93. The first-order chi connectivity index (χ1) is 5.75. The Morgan fingerprint density at radius 1 is 1.23 bits per heavy atom. The normalized spacial score (nSPS) is 14.4. The number of aliphatic hydroxyl groups is 1. The second-order valence-electron chi connectivity index (χ2n) is 2.93. The van der Waals surface area contributed by atoms with Crippen LogP contribution in [0.4, 0.5) is 0 Å². The van der Waals surface area contributed by atoms with Crippen molar-refractivity contribution in [1.29, 1.82) is 0 Å². The number of rotatable bonds is 3. The molecule has 0 fully saturated rings. The molecule has 0 bridgehead atoms. The topological polar surface area (TPSA) is 32.3 Å². The standard InChI is InChI=1S/C10H15NO.Na.H/c1-8(11-2)10(12)9-6-4-3-5-7-9;;/h3-8,10-12H,1-2H3;;. The molecule has 2 unspecified atom stereocenters. The van der Waals surface area contributed by atoms with E-state index in [4.69, 9.17) is 0 Å². The van der Waals surface area contributed by atoms with Crippen molar-refractivity contribution in [3.8, 4) is 0 Å². The molecule has 0 aliphatic carbocycles. The summed E-state index contributed by atoms with van der Waals surface area (Å²) >= 11 is 0. The summed E-state index contributed by atoms with van der Waals surface area (Å²) in [4.78, 5) is 0. The van der Waals surface area contributed by atoms with Gasteiger partial charge in [-0.2, -0.15) is 0 Å². The Labute approximate surface area is 102 Å². The molecular weight excluding hydrogens is 173 g/mol. The van der Waals surface area contributed by atoms with Crippen LogP contribution >= 0.6 is 0 Å². The van der Waals surface area contributed by atoms with Gasteiger partial charge in [0.1, 0.15) is 0 Å². The molecule has 13 heavy (non-hydrogen) atoms. The first-order valence-electron chi connectivity index (χ1n) is 4.16. The van der Waals surface area contributed by atoms with Crippen molar-refractivity contribution in [3.63, 3.8) is 0 Å². The van der Waals surface area contributed by atoms with Gasteiger partial charge in [-0.25, -0.2) is 0 Å². The summed E-state index contributed by atoms with van der Waals surface area (Å²) in [6.45, 7) is 1.96. The molecule has 0 radical (unpaired) electrons. The summed E-state index contributed by atoms with van der Waals surface area (Å²) < 4.78 is 0. The van der Waals surface area contributed by atoms with Crippen LogP contribution in [0.2, 0.25) is 0 Å². The second kappa shape index (κ2) is 6.57. The molecule has 0 aliphatic rings. The number of aliphatic hydroxyl groups excluding tert-OH is 1. The Bertz CT molecular complexity index is 228. The zero-order chi connectivity index (χ0) is 8.97. The van der Waals surface area contributed by atoms with Gasteiger partial charge >= 0.3 is 29.6 Å². The molecule has 0 spiro atoms. The number of hydrogen-bond donors (Lipinski definition) is 2. The van der Waals surface area contributed by atoms with Gasteiger partial charge in [0.2, 0.25) is 0 Å². The molecule has 0 heterocycles. The van der Waals surface area contributed by atoms with Gasteiger partial charge in [0.05, 0.1) is 6.10 Å². The summed E-state index contributed by atoms with van der Waals surface area (Å²) in [5, 5.41) is 12.7. The minimum absolute atomic E-state index is 0. The molecule has 0 saturated carbocycles. The van der Waals surface area contributed by atoms with Gasteiger partial charge in [0.25, 0.3) is 0 Å². The molecule has 0 aromatic heterocycles. The van der Waals surface area contributed by atoms with Crippen LogP contribution in [0.3, 0.4) is 0 Å². The number of likely N-dealkylation sites (N-methyl/N-ethyl adjacent to an activating group) is 1. The average molecular weight is 189 g/mol. The summed E-state index contributed by atoms with van der Waals surface area (Å²) in [6, 6.07) is 9.76. The van der Waals surface area contributed by atoms with Crippen molar-refractivity contribution in [3.05, 3.63) is 35.9 Å². The van der Waals surface area contributed by atoms with Crippen LogP contribution in [0.25, 0.3) is 0 Å². The number of nitrogens with one attached hydrogen (secondary N) is 1. The van der Waals surface area contributed by atoms with Gasteiger partial charge in [-0.05, 0) is 19.5 Å². The quantitative estimate of drug-likeness (QED) is 0.685. The Hall–Kier alpha value is 0.140. The Balaban J connectivity index is 0.00000144. The molecule has 2 atom stereocenters. The predicted molar refractivity (Wildman–Crippen MR) is 57.1 cm³/mol. The van der Waals surface area contributed by atoms with E-state index in [0.717, 1.165) is 5.56 Å². The fraction of sp³-hybridized carbons (Fsp3) is 0.400. The molecule has 0 amide bonds. The molecule has 68 valence electrons. The fourth-order valence-corrected chi connectivity index (χ4v) is 1.10. The zero-order valence-corrected chi connectivity index (χ0v) is 7.49. The summed E-state index contributed by atoms with van der Waals surface area (Å²) in [5.74, 6) is 0. The van der Waals surface area contributed by atoms with Gasteiger partial charge in [0, 0.05) is 6.04 Å². The van der Waals surface area contributed by atoms with Crippen LogP contribution < -0.4 is 5.32 Å². The summed E-state index contributed by atoms with van der Waals surface area (Å²) in [7, 11) is 1.84. The maximum absolute atomic E-state index is 9.73. The fourth-order valence-electron chi connectivity index (χ4n) is 1.10. The maximum atomic E-state index is 9.73. The molecule has 2 nitrogen and oxygen atoms in total. The third kappa shape index (κ3) is 3.79. The molecular formula is C10H16NNaO. The molecule has 0 aliphatic heterocycles. The summed E-state index contributed by atoms with van der Waals surface area (Å²) in [5.41, 5.74) is 0.958. The van der Waals surface area contributed by atoms with Crippen molar-refractivity contribution in [2.45, 2.75) is 19.1 Å². The van der Waals surface area contributed by atoms with Gasteiger partial charge < -0.3 is 10.4 Å². The van der Waals surface area contributed by atoms with Crippen molar-refractivity contribution in [2.24, 2.45) is 0 Å². The molecule has 1 aromatic carbocycles. The first kappa shape index (κ1) is 13.1. The van der Waals surface area contributed by atoms with Crippen LogP contribution in [-0.2, 0) is 0 Å². The predicted octanol–water partition coefficient (Wildman–Crippen LogP) is 0.679. The van der Waals surface area contributed by atoms with Crippen molar-refractivity contribution >= 4 is 29.6 Å². The van der Waals surface area contributed by atoms with Gasteiger partial charge in [-0.15, -0.1) is 0 Å². The van der Waals surface area contributed by atoms with E-state index >= 15 is 0 Å². The van der Waals surface area contributed by atoms with Gasteiger partial charge in [0.15, 0.2) is 0 Å². The Kier molecular flexibility index (Phi) is 6.64. The monoisotopic (exact) mass is 189 g/mol. The van der Waals surface area contributed by atoms with Crippen LogP contribution in [0.5, 0.6) is 0 Å². The van der Waals surface area contributed by atoms with Crippen molar-refractivity contribution < 1.29 is 5.11 Å². The van der Waals surface area contributed by atoms with E-state index in [1.54, 1.807) is 0 Å². The minimum atomic E-state index is -0.420.